The van der Waals surface area contributed by atoms with Gasteiger partial charge in [-0.1, -0.05) is 24.9 Å². The van der Waals surface area contributed by atoms with Crippen LogP contribution < -0.4 is 0 Å². The second-order valence-electron chi connectivity index (χ2n) is 2.42. The summed E-state index contributed by atoms with van der Waals surface area (Å²) < 4.78 is 0. The van der Waals surface area contributed by atoms with Gasteiger partial charge in [0, 0.05) is 0 Å². The Morgan fingerprint density at radius 2 is 2.20 bits per heavy atom. The lowest BCUT2D eigenvalue weighted by Gasteiger charge is -1.82. The molecular weight excluding hydrogens is 58.9 g/mol. The average molecular weight is 65.9 g/mol. The second-order valence-corrected chi connectivity index (χ2v) is 2.42. The van der Waals surface area contributed by atoms with Gasteiger partial charge in [0.05, 0.1) is 0 Å². The van der Waals surface area contributed by atoms with Crippen molar-refractivity contribution in [3.63, 3.8) is 0 Å². The third-order valence-corrected chi connectivity index (χ3v) is 2.10. The van der Waals surface area contributed by atoms with Crippen LogP contribution in [0.15, 0.2) is 0 Å². The van der Waals surface area contributed by atoms with Gasteiger partial charge in [0.25, 0.3) is 0 Å². The van der Waals surface area contributed by atoms with Crippen LogP contribution in [0.1, 0.15) is 6.92 Å². The Morgan fingerprint density at radius 3 is 2.20 bits per heavy atom. The zero-order valence-electron chi connectivity index (χ0n) is 3.44. The van der Waals surface area contributed by atoms with Crippen LogP contribution in [0.25, 0.3) is 0 Å². The molecule has 0 aromatic carbocycles. The monoisotopic (exact) mass is 66.1 g/mol. The van der Waals surface area contributed by atoms with Crippen LogP contribution in [0.3, 0.4) is 0 Å². The summed E-state index contributed by atoms with van der Waals surface area (Å²) in [6.07, 6.45) is 1.57. The fourth-order valence-corrected chi connectivity index (χ4v) is 1.11. The maximum Gasteiger partial charge on any atom is 0.144 e. The molecule has 0 aliphatic carbocycles. The molecule has 2 rings (SSSR count). The molecule has 0 radical (unpaired) electrons. The zero-order chi connectivity index (χ0) is 3.44. The molecule has 26 valence electrons. The molecule has 0 aromatic rings. The van der Waals surface area contributed by atoms with Crippen LogP contribution in [0.2, 0.25) is 18.0 Å². The molecule has 2 atom stereocenters. The van der Waals surface area contributed by atoms with Crippen molar-refractivity contribution in [2.45, 2.75) is 24.9 Å². The maximum absolute atomic E-state index is 2.35. The Bertz CT molecular complexity index is 55.3. The van der Waals surface area contributed by atoms with Crippen molar-refractivity contribution in [2.24, 2.45) is 0 Å². The number of fused-ring (bicyclic) bond motifs is 1. The highest BCUT2D eigenvalue weighted by Crippen LogP contribution is 2.70. The Morgan fingerprint density at radius 1 is 1.80 bits per heavy atom. The molecule has 2 saturated heterocycles. The standard InChI is InChI=1S/C4H7B/c1-3-4-2-5(3)4/h3-4H,2H2,1H3. The van der Waals surface area contributed by atoms with Gasteiger partial charge in [-0.2, -0.15) is 0 Å². The van der Waals surface area contributed by atoms with Crippen molar-refractivity contribution in [3.05, 3.63) is 0 Å². The molecule has 2 heterocycles. The van der Waals surface area contributed by atoms with Crippen molar-refractivity contribution in [1.29, 1.82) is 0 Å². The Labute approximate surface area is 32.6 Å². The van der Waals surface area contributed by atoms with Gasteiger partial charge in [0.2, 0.25) is 0 Å². The van der Waals surface area contributed by atoms with Crippen LogP contribution >= 0.6 is 0 Å². The molecule has 0 aromatic heterocycles. The summed E-state index contributed by atoms with van der Waals surface area (Å²) in [5, 5.41) is 0. The lowest BCUT2D eigenvalue weighted by atomic mass is 9.79. The molecule has 0 nitrogen and oxygen atoms in total. The highest BCUT2D eigenvalue weighted by Gasteiger charge is 2.63. The molecule has 0 amide bonds. The first-order valence-corrected chi connectivity index (χ1v) is 2.39. The van der Waals surface area contributed by atoms with Crippen molar-refractivity contribution in [3.8, 4) is 0 Å². The molecule has 0 saturated carbocycles. The van der Waals surface area contributed by atoms with Gasteiger partial charge in [-0.3, -0.25) is 0 Å². The van der Waals surface area contributed by atoms with E-state index in [1.807, 2.05) is 0 Å². The van der Waals surface area contributed by atoms with E-state index in [4.69, 9.17) is 0 Å². The fourth-order valence-electron chi connectivity index (χ4n) is 1.11. The highest BCUT2D eigenvalue weighted by molar-refractivity contribution is 6.86. The minimum absolute atomic E-state index is 1.15. The highest BCUT2D eigenvalue weighted by atomic mass is 14.4. The van der Waals surface area contributed by atoms with Crippen LogP contribution in [-0.4, -0.2) is 6.71 Å². The van der Waals surface area contributed by atoms with Crippen LogP contribution in [0.4, 0.5) is 0 Å². The van der Waals surface area contributed by atoms with E-state index in [0.29, 0.717) is 0 Å². The number of hydrogen-bond acceptors (Lipinski definition) is 0. The predicted octanol–water partition coefficient (Wildman–Crippen LogP) is 1.27. The zero-order valence-corrected chi connectivity index (χ0v) is 3.44. The second kappa shape index (κ2) is 0.377. The third kappa shape index (κ3) is 0.119. The molecule has 2 fully saturated rings. The first-order valence-electron chi connectivity index (χ1n) is 2.39. The Balaban J connectivity index is 2.19. The SMILES string of the molecule is CC1B2CC21. The first-order chi connectivity index (χ1) is 2.39. The lowest BCUT2D eigenvalue weighted by Crippen LogP contribution is -1.71. The van der Waals surface area contributed by atoms with E-state index < -0.39 is 0 Å². The predicted molar refractivity (Wildman–Crippen MR) is 23.7 cm³/mol. The van der Waals surface area contributed by atoms with Crippen molar-refractivity contribution < 1.29 is 0 Å². The normalized spacial score (nSPS) is 55.8. The van der Waals surface area contributed by atoms with Crippen molar-refractivity contribution in [1.82, 2.24) is 0 Å². The molecule has 1 heteroatoms. The topological polar surface area (TPSA) is 0 Å². The molecule has 0 spiro atoms. The van der Waals surface area contributed by atoms with Gasteiger partial charge < -0.3 is 0 Å². The van der Waals surface area contributed by atoms with Gasteiger partial charge in [-0.15, -0.1) is 0 Å². The molecule has 2 aliphatic heterocycles. The van der Waals surface area contributed by atoms with Crippen LogP contribution in [0.5, 0.6) is 0 Å². The molecule has 5 heavy (non-hydrogen) atoms. The molecule has 0 bridgehead atoms. The smallest absolute Gasteiger partial charge is 0.0778 e. The molecule has 0 N–H and O–H groups in total. The summed E-state index contributed by atoms with van der Waals surface area (Å²) in [5.41, 5.74) is 0. The van der Waals surface area contributed by atoms with E-state index in [1.165, 1.54) is 12.5 Å². The lowest BCUT2D eigenvalue weighted by molar-refractivity contribution is 1.01. The van der Waals surface area contributed by atoms with Crippen molar-refractivity contribution in [2.75, 3.05) is 0 Å². The molecule has 2 unspecified atom stereocenters. The van der Waals surface area contributed by atoms with Gasteiger partial charge >= 0.3 is 0 Å². The Hall–Kier alpha value is 0.0649. The van der Waals surface area contributed by atoms with Gasteiger partial charge in [-0.05, 0) is 0 Å². The van der Waals surface area contributed by atoms with E-state index in [1.54, 1.807) is 6.32 Å². The van der Waals surface area contributed by atoms with Crippen molar-refractivity contribution >= 4 is 6.71 Å². The van der Waals surface area contributed by atoms with E-state index in [-0.39, 0.29) is 0 Å². The summed E-state index contributed by atoms with van der Waals surface area (Å²) >= 11 is 0. The number of hydrogen-bond donors (Lipinski definition) is 0. The van der Waals surface area contributed by atoms with Gasteiger partial charge in [-0.25, -0.2) is 0 Å². The largest absolute Gasteiger partial charge is 0.144 e. The summed E-state index contributed by atoms with van der Waals surface area (Å²) in [6, 6.07) is 0. The number of rotatable bonds is 0. The average Bonchev–Trinajstić information content (AvgIpc) is 2.11. The quantitative estimate of drug-likeness (QED) is 0.373. The summed E-state index contributed by atoms with van der Waals surface area (Å²) in [5.74, 6) is 2.37. The van der Waals surface area contributed by atoms with Gasteiger partial charge in [0.1, 0.15) is 6.71 Å². The van der Waals surface area contributed by atoms with E-state index >= 15 is 0 Å². The van der Waals surface area contributed by atoms with Gasteiger partial charge in [0.15, 0.2) is 0 Å². The van der Waals surface area contributed by atoms with Crippen LogP contribution in [0, 0.1) is 0 Å². The fraction of sp³-hybridized carbons (Fsp3) is 1.00. The minimum atomic E-state index is 1.15. The van der Waals surface area contributed by atoms with E-state index in [9.17, 15) is 0 Å². The van der Waals surface area contributed by atoms with Crippen LogP contribution in [-0.2, 0) is 0 Å². The van der Waals surface area contributed by atoms with E-state index in [0.717, 1.165) is 5.82 Å². The summed E-state index contributed by atoms with van der Waals surface area (Å²) in [6.45, 7) is 3.56. The summed E-state index contributed by atoms with van der Waals surface area (Å²) in [7, 11) is 0. The molecule has 2 aliphatic rings. The minimum Gasteiger partial charge on any atom is -0.0778 e. The third-order valence-electron chi connectivity index (χ3n) is 2.10. The Kier molecular flexibility index (Phi) is 0.172. The molecular formula is C4H7B. The summed E-state index contributed by atoms with van der Waals surface area (Å²) in [4.78, 5) is 0. The maximum atomic E-state index is 2.35. The van der Waals surface area contributed by atoms with E-state index in [2.05, 4.69) is 6.92 Å². The first kappa shape index (κ1) is 2.28.